The van der Waals surface area contributed by atoms with Crippen LogP contribution in [0.3, 0.4) is 0 Å². The summed E-state index contributed by atoms with van der Waals surface area (Å²) >= 11 is 3.99. The number of ether oxygens (including phenoxy) is 1. The van der Waals surface area contributed by atoms with Crippen LogP contribution in [0.1, 0.15) is 77.0 Å². The van der Waals surface area contributed by atoms with E-state index in [1.807, 2.05) is 0 Å². The molecule has 3 saturated carbocycles. The summed E-state index contributed by atoms with van der Waals surface area (Å²) in [5, 5.41) is 11.2. The molecule has 0 aromatic carbocycles. The van der Waals surface area contributed by atoms with Crippen LogP contribution >= 0.6 is 15.9 Å². The minimum absolute atomic E-state index is 0.0312. The molecule has 1 N–H and O–H groups in total. The number of aliphatic hydroxyl groups excluding tert-OH is 1. The zero-order valence-electron chi connectivity index (χ0n) is 13.0. The average Bonchev–Trinajstić information content (AvgIpc) is 3.23. The van der Waals surface area contributed by atoms with Gasteiger partial charge in [0, 0.05) is 5.41 Å². The Morgan fingerprint density at radius 2 is 1.38 bits per heavy atom. The van der Waals surface area contributed by atoms with Gasteiger partial charge in [0.05, 0.1) is 22.6 Å². The van der Waals surface area contributed by atoms with Gasteiger partial charge in [0.2, 0.25) is 0 Å². The van der Waals surface area contributed by atoms with Gasteiger partial charge in [0.25, 0.3) is 0 Å². The molecule has 3 aliphatic carbocycles. The zero-order chi connectivity index (χ0) is 14.5. The molecule has 4 aliphatic rings. The Kier molecular flexibility index (Phi) is 3.91. The molecule has 4 rings (SSSR count). The highest BCUT2D eigenvalue weighted by Gasteiger charge is 2.63. The first-order valence-electron chi connectivity index (χ1n) is 9.18. The van der Waals surface area contributed by atoms with E-state index in [2.05, 4.69) is 15.9 Å². The van der Waals surface area contributed by atoms with Crippen LogP contribution in [0.2, 0.25) is 0 Å². The molecular formula is C18H29BrO2. The lowest BCUT2D eigenvalue weighted by Gasteiger charge is -2.36. The third kappa shape index (κ3) is 2.25. The number of hydrogen-bond acceptors (Lipinski definition) is 2. The van der Waals surface area contributed by atoms with Gasteiger partial charge in [-0.15, -0.1) is 0 Å². The van der Waals surface area contributed by atoms with E-state index in [0.29, 0.717) is 12.0 Å². The summed E-state index contributed by atoms with van der Waals surface area (Å²) in [6.45, 7) is 0. The van der Waals surface area contributed by atoms with E-state index in [0.717, 1.165) is 0 Å². The lowest BCUT2D eigenvalue weighted by Crippen LogP contribution is -2.46. The molecule has 3 heteroatoms. The normalized spacial score (nSPS) is 42.3. The summed E-state index contributed by atoms with van der Waals surface area (Å²) in [7, 11) is 0. The van der Waals surface area contributed by atoms with Gasteiger partial charge in [-0.05, 0) is 44.4 Å². The van der Waals surface area contributed by atoms with Gasteiger partial charge >= 0.3 is 0 Å². The topological polar surface area (TPSA) is 29.5 Å². The van der Waals surface area contributed by atoms with Crippen LogP contribution in [0.25, 0.3) is 0 Å². The second-order valence-corrected chi connectivity index (χ2v) is 9.73. The van der Waals surface area contributed by atoms with Crippen molar-refractivity contribution < 1.29 is 9.84 Å². The van der Waals surface area contributed by atoms with Crippen molar-refractivity contribution in [1.82, 2.24) is 0 Å². The fourth-order valence-electron chi connectivity index (χ4n) is 5.94. The van der Waals surface area contributed by atoms with Crippen molar-refractivity contribution in [2.75, 3.05) is 0 Å². The van der Waals surface area contributed by atoms with Crippen LogP contribution in [0.4, 0.5) is 0 Å². The monoisotopic (exact) mass is 356 g/mol. The van der Waals surface area contributed by atoms with Gasteiger partial charge < -0.3 is 9.84 Å². The summed E-state index contributed by atoms with van der Waals surface area (Å²) in [6.07, 6.45) is 15.3. The number of alkyl halides is 1. The Labute approximate surface area is 137 Å². The second kappa shape index (κ2) is 5.49. The van der Waals surface area contributed by atoms with Crippen molar-refractivity contribution in [3.05, 3.63) is 0 Å². The van der Waals surface area contributed by atoms with Crippen molar-refractivity contribution in [1.29, 1.82) is 0 Å². The highest BCUT2D eigenvalue weighted by Crippen LogP contribution is 2.59. The summed E-state index contributed by atoms with van der Waals surface area (Å²) in [5.74, 6) is 0.709. The molecule has 120 valence electrons. The van der Waals surface area contributed by atoms with Crippen molar-refractivity contribution in [3.8, 4) is 0 Å². The molecule has 3 unspecified atom stereocenters. The minimum Gasteiger partial charge on any atom is -0.390 e. The minimum atomic E-state index is -0.247. The molecule has 4 fully saturated rings. The predicted molar refractivity (Wildman–Crippen MR) is 87.7 cm³/mol. The van der Waals surface area contributed by atoms with Crippen molar-refractivity contribution >= 4 is 15.9 Å². The summed E-state index contributed by atoms with van der Waals surface area (Å²) in [4.78, 5) is 0. The van der Waals surface area contributed by atoms with Gasteiger partial charge in [0.1, 0.15) is 0 Å². The smallest absolute Gasteiger partial charge is 0.0997 e. The zero-order valence-corrected chi connectivity index (χ0v) is 14.6. The van der Waals surface area contributed by atoms with E-state index >= 15 is 0 Å². The standard InChI is InChI=1S/C18H29BrO2/c19-18(11-5-6-12-18)16-14(20)17(9-3-4-10-17)15(21-16)13-7-1-2-8-13/h13-16,20H,1-12H2. The average molecular weight is 357 g/mol. The summed E-state index contributed by atoms with van der Waals surface area (Å²) < 4.78 is 6.74. The van der Waals surface area contributed by atoms with Crippen LogP contribution in [0.15, 0.2) is 0 Å². The number of hydrogen-bond donors (Lipinski definition) is 1. The predicted octanol–water partition coefficient (Wildman–Crippen LogP) is 4.57. The second-order valence-electron chi connectivity index (χ2n) is 8.15. The fourth-order valence-corrected chi connectivity index (χ4v) is 6.86. The molecule has 0 bridgehead atoms. The Hall–Kier alpha value is 0.400. The fraction of sp³-hybridized carbons (Fsp3) is 1.00. The molecule has 1 saturated heterocycles. The van der Waals surface area contributed by atoms with Crippen LogP contribution in [0.5, 0.6) is 0 Å². The highest BCUT2D eigenvalue weighted by molar-refractivity contribution is 9.10. The van der Waals surface area contributed by atoms with Crippen LogP contribution in [0, 0.1) is 11.3 Å². The Balaban J connectivity index is 1.63. The SMILES string of the molecule is OC1C(C2(Br)CCCC2)OC(C2CCCC2)C12CCCC2. The highest BCUT2D eigenvalue weighted by atomic mass is 79.9. The first-order chi connectivity index (χ1) is 10.2. The number of rotatable bonds is 2. The Morgan fingerprint density at radius 3 is 2.00 bits per heavy atom. The van der Waals surface area contributed by atoms with E-state index in [4.69, 9.17) is 4.74 Å². The molecule has 2 nitrogen and oxygen atoms in total. The Morgan fingerprint density at radius 1 is 0.810 bits per heavy atom. The van der Waals surface area contributed by atoms with Gasteiger partial charge in [-0.3, -0.25) is 0 Å². The van der Waals surface area contributed by atoms with Crippen molar-refractivity contribution in [2.45, 2.75) is 99.7 Å². The van der Waals surface area contributed by atoms with Crippen LogP contribution in [-0.2, 0) is 4.74 Å². The van der Waals surface area contributed by atoms with Crippen molar-refractivity contribution in [2.24, 2.45) is 11.3 Å². The van der Waals surface area contributed by atoms with Gasteiger partial charge in [-0.2, -0.15) is 0 Å². The molecule has 0 aromatic rings. The molecule has 1 aliphatic heterocycles. The van der Waals surface area contributed by atoms with E-state index in [1.165, 1.54) is 77.0 Å². The largest absolute Gasteiger partial charge is 0.390 e. The molecule has 0 amide bonds. The molecule has 21 heavy (non-hydrogen) atoms. The summed E-state index contributed by atoms with van der Waals surface area (Å²) in [6, 6.07) is 0. The molecule has 0 aromatic heterocycles. The first kappa shape index (κ1) is 15.0. The maximum atomic E-state index is 11.2. The van der Waals surface area contributed by atoms with E-state index in [1.54, 1.807) is 0 Å². The molecule has 1 heterocycles. The van der Waals surface area contributed by atoms with Gasteiger partial charge in [0.15, 0.2) is 0 Å². The molecule has 1 spiro atoms. The molecule has 0 radical (unpaired) electrons. The summed E-state index contributed by atoms with van der Waals surface area (Å²) in [5.41, 5.74) is 0.0863. The number of halogens is 1. The maximum Gasteiger partial charge on any atom is 0.0997 e. The first-order valence-corrected chi connectivity index (χ1v) is 9.97. The quantitative estimate of drug-likeness (QED) is 0.734. The lowest BCUT2D eigenvalue weighted by atomic mass is 9.70. The van der Waals surface area contributed by atoms with Crippen LogP contribution in [-0.4, -0.2) is 27.7 Å². The van der Waals surface area contributed by atoms with E-state index < -0.39 is 0 Å². The van der Waals surface area contributed by atoms with Gasteiger partial charge in [-0.1, -0.05) is 54.5 Å². The van der Waals surface area contributed by atoms with Crippen LogP contribution < -0.4 is 0 Å². The van der Waals surface area contributed by atoms with E-state index in [9.17, 15) is 5.11 Å². The van der Waals surface area contributed by atoms with Crippen molar-refractivity contribution in [3.63, 3.8) is 0 Å². The lowest BCUT2D eigenvalue weighted by molar-refractivity contribution is -0.0364. The third-order valence-electron chi connectivity index (χ3n) is 7.04. The van der Waals surface area contributed by atoms with Gasteiger partial charge in [-0.25, -0.2) is 0 Å². The molecule has 3 atom stereocenters. The maximum absolute atomic E-state index is 11.2. The Bertz CT molecular complexity index is 379. The van der Waals surface area contributed by atoms with E-state index in [-0.39, 0.29) is 21.9 Å². The molecular weight excluding hydrogens is 328 g/mol. The number of aliphatic hydroxyl groups is 1. The third-order valence-corrected chi connectivity index (χ3v) is 8.29.